The van der Waals surface area contributed by atoms with E-state index in [1.54, 1.807) is 18.2 Å². The zero-order valence-corrected chi connectivity index (χ0v) is 11.1. The van der Waals surface area contributed by atoms with Gasteiger partial charge in [0, 0.05) is 12.1 Å². The topological polar surface area (TPSA) is 62.3 Å². The second kappa shape index (κ2) is 5.89. The van der Waals surface area contributed by atoms with Crippen molar-refractivity contribution in [2.24, 2.45) is 5.73 Å². The third-order valence-electron chi connectivity index (χ3n) is 2.19. The number of nitrogens with one attached hydrogen (secondary N) is 1. The summed E-state index contributed by atoms with van der Waals surface area (Å²) in [4.78, 5) is 2.05. The molecule has 0 aromatic heterocycles. The van der Waals surface area contributed by atoms with Crippen molar-refractivity contribution < 1.29 is 4.74 Å². The number of likely N-dealkylation sites (N-methyl/N-ethyl adjacent to an activating group) is 1. The van der Waals surface area contributed by atoms with Crippen LogP contribution >= 0.6 is 11.6 Å². The number of nitrogen functional groups attached to an aromatic ring is 1. The summed E-state index contributed by atoms with van der Waals surface area (Å²) in [6.45, 7) is 2.82. The number of halogens is 1. The van der Waals surface area contributed by atoms with Gasteiger partial charge in [-0.15, -0.1) is 0 Å². The van der Waals surface area contributed by atoms with Crippen LogP contribution in [-0.4, -0.2) is 37.5 Å². The molecule has 1 aromatic rings. The van der Waals surface area contributed by atoms with E-state index in [-0.39, 0.29) is 11.9 Å². The van der Waals surface area contributed by atoms with Gasteiger partial charge in [0.05, 0.1) is 5.02 Å². The van der Waals surface area contributed by atoms with Gasteiger partial charge in [0.2, 0.25) is 0 Å². The zero-order chi connectivity index (χ0) is 13.0. The van der Waals surface area contributed by atoms with E-state index in [9.17, 15) is 0 Å². The van der Waals surface area contributed by atoms with Crippen LogP contribution < -0.4 is 10.5 Å². The lowest BCUT2D eigenvalue weighted by atomic mass is 10.2. The molecule has 4 nitrogen and oxygen atoms in total. The monoisotopic (exact) mass is 255 g/mol. The Bertz CT molecular complexity index is 407. The molecular formula is C12H18ClN3O. The summed E-state index contributed by atoms with van der Waals surface area (Å²) in [5.41, 5.74) is 5.91. The fraction of sp³-hybridized carbons (Fsp3) is 0.417. The summed E-state index contributed by atoms with van der Waals surface area (Å²) >= 11 is 6.00. The standard InChI is InChI=1S/C12H18ClN3O/c1-8(7-16(2)3)17-9-4-5-10(12(14)15)11(13)6-9/h4-6,8H,7H2,1-3H3,(H3,14,15). The zero-order valence-electron chi connectivity index (χ0n) is 10.3. The van der Waals surface area contributed by atoms with E-state index < -0.39 is 0 Å². The van der Waals surface area contributed by atoms with E-state index in [4.69, 9.17) is 27.5 Å². The number of ether oxygens (including phenoxy) is 1. The van der Waals surface area contributed by atoms with E-state index in [1.165, 1.54) is 0 Å². The van der Waals surface area contributed by atoms with Crippen LogP contribution in [0.15, 0.2) is 18.2 Å². The van der Waals surface area contributed by atoms with Crippen molar-refractivity contribution in [3.8, 4) is 5.75 Å². The Balaban J connectivity index is 2.74. The first kappa shape index (κ1) is 13.8. The minimum absolute atomic E-state index is 0.0390. The fourth-order valence-corrected chi connectivity index (χ4v) is 1.84. The largest absolute Gasteiger partial charge is 0.489 e. The molecule has 0 aliphatic carbocycles. The van der Waals surface area contributed by atoms with Gasteiger partial charge in [0.15, 0.2) is 0 Å². The van der Waals surface area contributed by atoms with Crippen LogP contribution in [0.4, 0.5) is 0 Å². The number of hydrogen-bond acceptors (Lipinski definition) is 3. The highest BCUT2D eigenvalue weighted by molar-refractivity contribution is 6.34. The number of hydrogen-bond donors (Lipinski definition) is 2. The Kier molecular flexibility index (Phi) is 4.78. The quantitative estimate of drug-likeness (QED) is 0.625. The molecule has 1 aromatic carbocycles. The minimum atomic E-state index is -0.0390. The van der Waals surface area contributed by atoms with Crippen molar-refractivity contribution in [3.63, 3.8) is 0 Å². The Morgan fingerprint density at radius 1 is 1.53 bits per heavy atom. The average molecular weight is 256 g/mol. The molecule has 0 saturated carbocycles. The molecule has 5 heteroatoms. The maximum atomic E-state index is 7.33. The van der Waals surface area contributed by atoms with E-state index in [1.807, 2.05) is 21.0 Å². The minimum Gasteiger partial charge on any atom is -0.489 e. The summed E-state index contributed by atoms with van der Waals surface area (Å²) < 4.78 is 5.70. The van der Waals surface area contributed by atoms with Gasteiger partial charge < -0.3 is 15.4 Å². The molecule has 0 bridgehead atoms. The van der Waals surface area contributed by atoms with Gasteiger partial charge in [0.1, 0.15) is 17.7 Å². The van der Waals surface area contributed by atoms with Crippen molar-refractivity contribution in [2.45, 2.75) is 13.0 Å². The molecule has 0 fully saturated rings. The predicted molar refractivity (Wildman–Crippen MR) is 71.1 cm³/mol. The van der Waals surface area contributed by atoms with Crippen LogP contribution in [0.2, 0.25) is 5.02 Å². The molecule has 0 radical (unpaired) electrons. The van der Waals surface area contributed by atoms with Gasteiger partial charge in [-0.05, 0) is 39.2 Å². The molecule has 0 spiro atoms. The second-order valence-electron chi connectivity index (χ2n) is 4.25. The molecule has 0 saturated heterocycles. The highest BCUT2D eigenvalue weighted by Crippen LogP contribution is 2.23. The van der Waals surface area contributed by atoms with Crippen LogP contribution in [0.1, 0.15) is 12.5 Å². The Morgan fingerprint density at radius 2 is 2.18 bits per heavy atom. The average Bonchev–Trinajstić information content (AvgIpc) is 2.15. The summed E-state index contributed by atoms with van der Waals surface area (Å²) in [6.07, 6.45) is 0.0734. The van der Waals surface area contributed by atoms with E-state index in [0.717, 1.165) is 6.54 Å². The lowest BCUT2D eigenvalue weighted by molar-refractivity contribution is 0.177. The van der Waals surface area contributed by atoms with Gasteiger partial charge in [-0.1, -0.05) is 11.6 Å². The number of nitrogens with zero attached hydrogens (tertiary/aromatic N) is 1. The highest BCUT2D eigenvalue weighted by atomic mass is 35.5. The molecule has 17 heavy (non-hydrogen) atoms. The molecule has 0 heterocycles. The molecule has 1 rings (SSSR count). The van der Waals surface area contributed by atoms with E-state index >= 15 is 0 Å². The Hall–Kier alpha value is -1.26. The maximum Gasteiger partial charge on any atom is 0.124 e. The predicted octanol–water partition coefficient (Wildman–Crippen LogP) is 1.95. The van der Waals surface area contributed by atoms with Crippen molar-refractivity contribution in [1.29, 1.82) is 5.41 Å². The molecule has 3 N–H and O–H groups in total. The molecule has 0 aliphatic heterocycles. The molecule has 0 amide bonds. The van der Waals surface area contributed by atoms with Crippen molar-refractivity contribution in [1.82, 2.24) is 4.90 Å². The number of benzene rings is 1. The Morgan fingerprint density at radius 3 is 2.65 bits per heavy atom. The van der Waals surface area contributed by atoms with Crippen molar-refractivity contribution in [3.05, 3.63) is 28.8 Å². The number of rotatable bonds is 5. The van der Waals surface area contributed by atoms with Crippen molar-refractivity contribution in [2.75, 3.05) is 20.6 Å². The van der Waals surface area contributed by atoms with Gasteiger partial charge in [-0.2, -0.15) is 0 Å². The molecule has 1 unspecified atom stereocenters. The first-order valence-electron chi connectivity index (χ1n) is 5.35. The first-order valence-corrected chi connectivity index (χ1v) is 5.73. The fourth-order valence-electron chi connectivity index (χ4n) is 1.57. The van der Waals surface area contributed by atoms with E-state index in [2.05, 4.69) is 4.90 Å². The van der Waals surface area contributed by atoms with Gasteiger partial charge >= 0.3 is 0 Å². The lowest BCUT2D eigenvalue weighted by Crippen LogP contribution is -2.28. The third-order valence-corrected chi connectivity index (χ3v) is 2.50. The highest BCUT2D eigenvalue weighted by Gasteiger charge is 2.08. The van der Waals surface area contributed by atoms with Crippen LogP contribution in [0.25, 0.3) is 0 Å². The summed E-state index contributed by atoms with van der Waals surface area (Å²) in [6, 6.07) is 5.15. The van der Waals surface area contributed by atoms with Gasteiger partial charge in [-0.3, -0.25) is 5.41 Å². The summed E-state index contributed by atoms with van der Waals surface area (Å²) in [7, 11) is 3.98. The molecule has 1 atom stereocenters. The number of amidine groups is 1. The molecule has 0 aliphatic rings. The van der Waals surface area contributed by atoms with Crippen LogP contribution in [0.5, 0.6) is 5.75 Å². The van der Waals surface area contributed by atoms with Gasteiger partial charge in [-0.25, -0.2) is 0 Å². The van der Waals surface area contributed by atoms with Crippen LogP contribution in [0.3, 0.4) is 0 Å². The van der Waals surface area contributed by atoms with E-state index in [0.29, 0.717) is 16.3 Å². The molecule has 94 valence electrons. The first-order chi connectivity index (χ1) is 7.90. The van der Waals surface area contributed by atoms with Gasteiger partial charge in [0.25, 0.3) is 0 Å². The number of nitrogens with two attached hydrogens (primary N) is 1. The van der Waals surface area contributed by atoms with Crippen molar-refractivity contribution >= 4 is 17.4 Å². The normalized spacial score (nSPS) is 12.5. The summed E-state index contributed by atoms with van der Waals surface area (Å²) in [5, 5.41) is 7.76. The second-order valence-corrected chi connectivity index (χ2v) is 4.65. The smallest absolute Gasteiger partial charge is 0.124 e. The molecular weight excluding hydrogens is 238 g/mol. The third kappa shape index (κ3) is 4.24. The SMILES string of the molecule is CC(CN(C)C)Oc1ccc(C(=N)N)c(Cl)c1. The van der Waals surface area contributed by atoms with Crippen LogP contribution in [-0.2, 0) is 0 Å². The lowest BCUT2D eigenvalue weighted by Gasteiger charge is -2.19. The maximum absolute atomic E-state index is 7.33. The van der Waals surface area contributed by atoms with Crippen LogP contribution in [0, 0.1) is 5.41 Å². The summed E-state index contributed by atoms with van der Waals surface area (Å²) in [5.74, 6) is 0.650. The Labute approximate surface area is 107 Å².